The molecule has 2 aromatic rings. The van der Waals surface area contributed by atoms with Gasteiger partial charge in [0.05, 0.1) is 4.90 Å². The number of anilines is 2. The molecule has 0 saturated carbocycles. The van der Waals surface area contributed by atoms with Gasteiger partial charge in [0.25, 0.3) is 5.91 Å². The van der Waals surface area contributed by atoms with Gasteiger partial charge in [0, 0.05) is 36.6 Å². The summed E-state index contributed by atoms with van der Waals surface area (Å²) in [6, 6.07) is 13.6. The van der Waals surface area contributed by atoms with E-state index in [9.17, 15) is 13.2 Å². The maximum atomic E-state index is 12.4. The van der Waals surface area contributed by atoms with Crippen molar-refractivity contribution in [2.45, 2.75) is 24.2 Å². The van der Waals surface area contributed by atoms with Crippen LogP contribution in [0.5, 0.6) is 0 Å². The molecule has 1 fully saturated rings. The fourth-order valence-corrected chi connectivity index (χ4v) is 4.15. The molecule has 0 radical (unpaired) electrons. The van der Waals surface area contributed by atoms with Crippen molar-refractivity contribution >= 4 is 27.3 Å². The molecular weight excluding hydrogens is 374 g/mol. The number of amides is 1. The fourth-order valence-electron chi connectivity index (χ4n) is 3.15. The number of hydrogen-bond donors (Lipinski definition) is 2. The number of carbonyl (C=O) groups is 1. The first-order chi connectivity index (χ1) is 13.5. The van der Waals surface area contributed by atoms with Crippen molar-refractivity contribution in [1.29, 1.82) is 0 Å². The molecule has 3 rings (SSSR count). The molecule has 1 heterocycles. The third kappa shape index (κ3) is 4.99. The topological polar surface area (TPSA) is 78.5 Å². The van der Waals surface area contributed by atoms with Crippen molar-refractivity contribution in [2.75, 3.05) is 29.9 Å². The summed E-state index contributed by atoms with van der Waals surface area (Å²) in [4.78, 5) is 14.9. The minimum Gasteiger partial charge on any atom is -0.372 e. The zero-order valence-corrected chi connectivity index (χ0v) is 16.5. The summed E-state index contributed by atoms with van der Waals surface area (Å²) in [6.07, 6.45) is 5.19. The van der Waals surface area contributed by atoms with E-state index in [0.29, 0.717) is 11.3 Å². The smallest absolute Gasteiger partial charge is 0.255 e. The van der Waals surface area contributed by atoms with E-state index in [1.165, 1.54) is 55.3 Å². The summed E-state index contributed by atoms with van der Waals surface area (Å²) < 4.78 is 26.5. The molecule has 148 valence electrons. The Morgan fingerprint density at radius 2 is 1.64 bits per heavy atom. The SMILES string of the molecule is C=CCNS(=O)(=O)c1ccc(C(=O)Nc2ccc(N3CCCCC3)cc2)cc1. The molecule has 0 aliphatic carbocycles. The Bertz CT molecular complexity index is 916. The first kappa shape index (κ1) is 20.1. The highest BCUT2D eigenvalue weighted by atomic mass is 32.2. The van der Waals surface area contributed by atoms with E-state index in [2.05, 4.69) is 21.5 Å². The van der Waals surface area contributed by atoms with Gasteiger partial charge in [0.1, 0.15) is 0 Å². The third-order valence-electron chi connectivity index (χ3n) is 4.69. The summed E-state index contributed by atoms with van der Waals surface area (Å²) in [6.45, 7) is 5.78. The molecule has 6 nitrogen and oxygen atoms in total. The van der Waals surface area contributed by atoms with E-state index in [0.717, 1.165) is 13.1 Å². The van der Waals surface area contributed by atoms with Crippen LogP contribution in [0.3, 0.4) is 0 Å². The number of carbonyl (C=O) groups excluding carboxylic acids is 1. The van der Waals surface area contributed by atoms with Gasteiger partial charge in [0.15, 0.2) is 0 Å². The number of nitrogens with one attached hydrogen (secondary N) is 2. The Kier molecular flexibility index (Phi) is 6.49. The third-order valence-corrected chi connectivity index (χ3v) is 6.13. The summed E-state index contributed by atoms with van der Waals surface area (Å²) >= 11 is 0. The molecule has 1 aliphatic rings. The van der Waals surface area contributed by atoms with Crippen LogP contribution in [0.4, 0.5) is 11.4 Å². The number of rotatable bonds is 7. The van der Waals surface area contributed by atoms with Crippen LogP contribution in [0, 0.1) is 0 Å². The molecule has 7 heteroatoms. The lowest BCUT2D eigenvalue weighted by atomic mass is 10.1. The summed E-state index contributed by atoms with van der Waals surface area (Å²) in [7, 11) is -3.60. The normalized spacial score (nSPS) is 14.5. The average molecular weight is 400 g/mol. The number of nitrogens with zero attached hydrogens (tertiary/aromatic N) is 1. The van der Waals surface area contributed by atoms with E-state index in [1.807, 2.05) is 24.3 Å². The first-order valence-corrected chi connectivity index (χ1v) is 10.8. The van der Waals surface area contributed by atoms with Crippen molar-refractivity contribution in [3.8, 4) is 0 Å². The number of sulfonamides is 1. The van der Waals surface area contributed by atoms with Gasteiger partial charge in [-0.1, -0.05) is 6.08 Å². The van der Waals surface area contributed by atoms with Gasteiger partial charge < -0.3 is 10.2 Å². The van der Waals surface area contributed by atoms with Crippen LogP contribution in [-0.4, -0.2) is 34.0 Å². The molecule has 1 aliphatic heterocycles. The van der Waals surface area contributed by atoms with Crippen molar-refractivity contribution in [3.63, 3.8) is 0 Å². The fraction of sp³-hybridized carbons (Fsp3) is 0.286. The number of hydrogen-bond acceptors (Lipinski definition) is 4. The summed E-state index contributed by atoms with van der Waals surface area (Å²) in [5, 5.41) is 2.85. The van der Waals surface area contributed by atoms with Gasteiger partial charge in [-0.25, -0.2) is 13.1 Å². The van der Waals surface area contributed by atoms with E-state index >= 15 is 0 Å². The second kappa shape index (κ2) is 9.03. The molecule has 0 bridgehead atoms. The van der Waals surface area contributed by atoms with Crippen molar-refractivity contribution in [3.05, 3.63) is 66.7 Å². The van der Waals surface area contributed by atoms with Crippen LogP contribution < -0.4 is 14.9 Å². The molecule has 2 N–H and O–H groups in total. The lowest BCUT2D eigenvalue weighted by Crippen LogP contribution is -2.29. The van der Waals surface area contributed by atoms with Crippen LogP contribution in [0.2, 0.25) is 0 Å². The Morgan fingerprint density at radius 1 is 1.00 bits per heavy atom. The quantitative estimate of drug-likeness (QED) is 0.700. The molecule has 0 spiro atoms. The van der Waals surface area contributed by atoms with Gasteiger partial charge >= 0.3 is 0 Å². The highest BCUT2D eigenvalue weighted by Gasteiger charge is 2.14. The molecule has 0 aromatic heterocycles. The van der Waals surface area contributed by atoms with Crippen LogP contribution in [0.1, 0.15) is 29.6 Å². The van der Waals surface area contributed by atoms with E-state index in [-0.39, 0.29) is 17.3 Å². The maximum absolute atomic E-state index is 12.4. The molecule has 0 atom stereocenters. The highest BCUT2D eigenvalue weighted by Crippen LogP contribution is 2.22. The van der Waals surface area contributed by atoms with Gasteiger partial charge in [-0.2, -0.15) is 0 Å². The minimum atomic E-state index is -3.60. The van der Waals surface area contributed by atoms with Crippen molar-refractivity contribution < 1.29 is 13.2 Å². The Labute approximate surface area is 166 Å². The predicted octanol–water partition coefficient (Wildman–Crippen LogP) is 3.39. The molecule has 2 aromatic carbocycles. The van der Waals surface area contributed by atoms with Crippen LogP contribution in [0.25, 0.3) is 0 Å². The number of benzene rings is 2. The minimum absolute atomic E-state index is 0.108. The van der Waals surface area contributed by atoms with E-state index in [1.54, 1.807) is 0 Å². The monoisotopic (exact) mass is 399 g/mol. The number of piperidine rings is 1. The Morgan fingerprint density at radius 3 is 2.25 bits per heavy atom. The van der Waals surface area contributed by atoms with Gasteiger partial charge in [-0.05, 0) is 67.8 Å². The van der Waals surface area contributed by atoms with Crippen LogP contribution >= 0.6 is 0 Å². The molecule has 1 saturated heterocycles. The maximum Gasteiger partial charge on any atom is 0.255 e. The molecule has 28 heavy (non-hydrogen) atoms. The van der Waals surface area contributed by atoms with Gasteiger partial charge in [-0.3, -0.25) is 4.79 Å². The first-order valence-electron chi connectivity index (χ1n) is 9.36. The van der Waals surface area contributed by atoms with Crippen LogP contribution in [0.15, 0.2) is 66.1 Å². The van der Waals surface area contributed by atoms with Crippen molar-refractivity contribution in [1.82, 2.24) is 4.72 Å². The molecule has 1 amide bonds. The lowest BCUT2D eigenvalue weighted by Gasteiger charge is -2.28. The lowest BCUT2D eigenvalue weighted by molar-refractivity contribution is 0.102. The zero-order valence-electron chi connectivity index (χ0n) is 15.7. The zero-order chi connectivity index (χ0) is 20.0. The van der Waals surface area contributed by atoms with E-state index in [4.69, 9.17) is 0 Å². The largest absolute Gasteiger partial charge is 0.372 e. The standard InChI is InChI=1S/C21H25N3O3S/c1-2-14-22-28(26,27)20-12-6-17(7-13-20)21(25)23-18-8-10-19(11-9-18)24-15-4-3-5-16-24/h2,6-13,22H,1,3-5,14-16H2,(H,23,25). The summed E-state index contributed by atoms with van der Waals surface area (Å²) in [5.41, 5.74) is 2.26. The van der Waals surface area contributed by atoms with Gasteiger partial charge in [0.2, 0.25) is 10.0 Å². The highest BCUT2D eigenvalue weighted by molar-refractivity contribution is 7.89. The Balaban J connectivity index is 1.63. The second-order valence-corrected chi connectivity index (χ2v) is 8.48. The van der Waals surface area contributed by atoms with Crippen molar-refractivity contribution in [2.24, 2.45) is 0 Å². The second-order valence-electron chi connectivity index (χ2n) is 6.71. The van der Waals surface area contributed by atoms with Crippen LogP contribution in [-0.2, 0) is 10.0 Å². The van der Waals surface area contributed by atoms with Gasteiger partial charge in [-0.15, -0.1) is 6.58 Å². The Hall–Kier alpha value is -2.64. The van der Waals surface area contributed by atoms with E-state index < -0.39 is 10.0 Å². The average Bonchev–Trinajstić information content (AvgIpc) is 2.73. The summed E-state index contributed by atoms with van der Waals surface area (Å²) in [5.74, 6) is -0.284. The predicted molar refractivity (Wildman–Crippen MR) is 112 cm³/mol. The molecular formula is C21H25N3O3S. The molecule has 0 unspecified atom stereocenters.